The first-order chi connectivity index (χ1) is 7.94. The molecule has 96 valence electrons. The molecule has 1 aromatic heterocycles. The van der Waals surface area contributed by atoms with Crippen LogP contribution in [0.1, 0.15) is 34.6 Å². The van der Waals surface area contributed by atoms with Gasteiger partial charge in [0.05, 0.1) is 6.61 Å². The van der Waals surface area contributed by atoms with Crippen LogP contribution in [0.2, 0.25) is 0 Å². The lowest BCUT2D eigenvalue weighted by Crippen LogP contribution is -2.27. The van der Waals surface area contributed by atoms with Gasteiger partial charge in [-0.05, 0) is 34.6 Å². The number of nitrogens with one attached hydrogen (secondary N) is 2. The van der Waals surface area contributed by atoms with Crippen LogP contribution in [-0.2, 0) is 0 Å². The largest absolute Gasteiger partial charge is 0.464 e. The monoisotopic (exact) mass is 239 g/mol. The minimum absolute atomic E-state index is 0.103. The molecule has 1 rings (SSSR count). The fourth-order valence-electron chi connectivity index (χ4n) is 1.18. The Kier molecular flexibility index (Phi) is 4.48. The van der Waals surface area contributed by atoms with Gasteiger partial charge >= 0.3 is 6.01 Å². The summed E-state index contributed by atoms with van der Waals surface area (Å²) in [6.45, 7) is 11.3. The zero-order valence-electron chi connectivity index (χ0n) is 11.2. The Balaban J connectivity index is 2.94. The van der Waals surface area contributed by atoms with Crippen molar-refractivity contribution in [1.29, 1.82) is 0 Å². The number of rotatable bonds is 5. The number of nitrogens with zero attached hydrogens (tertiary/aromatic N) is 3. The molecular weight excluding hydrogens is 218 g/mol. The van der Waals surface area contributed by atoms with Crippen molar-refractivity contribution in [3.63, 3.8) is 0 Å². The van der Waals surface area contributed by atoms with Crippen molar-refractivity contribution in [2.24, 2.45) is 0 Å². The minimum atomic E-state index is -0.103. The van der Waals surface area contributed by atoms with Gasteiger partial charge in [0.25, 0.3) is 0 Å². The van der Waals surface area contributed by atoms with E-state index < -0.39 is 0 Å². The predicted molar refractivity (Wildman–Crippen MR) is 68.5 cm³/mol. The summed E-state index contributed by atoms with van der Waals surface area (Å²) >= 11 is 0. The smallest absolute Gasteiger partial charge is 0.323 e. The Hall–Kier alpha value is -1.59. The molecule has 6 heteroatoms. The molecule has 0 aliphatic heterocycles. The second-order valence-electron chi connectivity index (χ2n) is 4.60. The van der Waals surface area contributed by atoms with E-state index in [9.17, 15) is 0 Å². The fraction of sp³-hybridized carbons (Fsp3) is 0.727. The lowest BCUT2D eigenvalue weighted by atomic mass is 10.1. The van der Waals surface area contributed by atoms with Gasteiger partial charge < -0.3 is 15.4 Å². The van der Waals surface area contributed by atoms with Crippen LogP contribution >= 0.6 is 0 Å². The Labute approximate surface area is 102 Å². The fourth-order valence-corrected chi connectivity index (χ4v) is 1.18. The Morgan fingerprint density at radius 2 is 1.71 bits per heavy atom. The average molecular weight is 239 g/mol. The summed E-state index contributed by atoms with van der Waals surface area (Å²) in [5.74, 6) is 1.05. The van der Waals surface area contributed by atoms with Crippen molar-refractivity contribution in [2.45, 2.75) is 40.2 Å². The Morgan fingerprint density at radius 3 is 2.24 bits per heavy atom. The molecule has 2 N–H and O–H groups in total. The van der Waals surface area contributed by atoms with Crippen molar-refractivity contribution in [3.8, 4) is 6.01 Å². The van der Waals surface area contributed by atoms with E-state index in [0.29, 0.717) is 24.5 Å². The van der Waals surface area contributed by atoms with Gasteiger partial charge in [0.15, 0.2) is 0 Å². The molecule has 0 aromatic carbocycles. The molecule has 0 saturated carbocycles. The highest BCUT2D eigenvalue weighted by molar-refractivity contribution is 5.37. The molecule has 0 unspecified atom stereocenters. The molecule has 0 radical (unpaired) electrons. The van der Waals surface area contributed by atoms with Crippen molar-refractivity contribution in [3.05, 3.63) is 0 Å². The van der Waals surface area contributed by atoms with Gasteiger partial charge in [-0.1, -0.05) is 0 Å². The summed E-state index contributed by atoms with van der Waals surface area (Å²) in [5, 5.41) is 6.25. The van der Waals surface area contributed by atoms with Crippen molar-refractivity contribution in [1.82, 2.24) is 15.0 Å². The van der Waals surface area contributed by atoms with Crippen molar-refractivity contribution >= 4 is 11.9 Å². The van der Waals surface area contributed by atoms with E-state index in [1.54, 1.807) is 0 Å². The van der Waals surface area contributed by atoms with Crippen LogP contribution in [0.5, 0.6) is 6.01 Å². The van der Waals surface area contributed by atoms with Gasteiger partial charge in [-0.15, -0.1) is 0 Å². The zero-order valence-corrected chi connectivity index (χ0v) is 11.2. The van der Waals surface area contributed by atoms with Crippen LogP contribution in [0.25, 0.3) is 0 Å². The van der Waals surface area contributed by atoms with Gasteiger partial charge in [0, 0.05) is 12.1 Å². The molecular formula is C11H21N5O. The first-order valence-electron chi connectivity index (χ1n) is 5.85. The van der Waals surface area contributed by atoms with Crippen LogP contribution in [-0.4, -0.2) is 33.6 Å². The van der Waals surface area contributed by atoms with Crippen LogP contribution in [0.4, 0.5) is 11.9 Å². The summed E-state index contributed by atoms with van der Waals surface area (Å²) in [6, 6.07) is 0.338. The predicted octanol–water partition coefficient (Wildman–Crippen LogP) is 1.91. The highest BCUT2D eigenvalue weighted by Crippen LogP contribution is 2.15. The summed E-state index contributed by atoms with van der Waals surface area (Å²) in [4.78, 5) is 12.6. The third-order valence-corrected chi connectivity index (χ3v) is 1.71. The van der Waals surface area contributed by atoms with E-state index in [0.717, 1.165) is 6.54 Å². The Bertz CT molecular complexity index is 337. The number of aromatic nitrogens is 3. The molecule has 0 fully saturated rings. The molecule has 0 bridgehead atoms. The lowest BCUT2D eigenvalue weighted by molar-refractivity contribution is 0.312. The SMILES string of the molecule is CCNc1nc(NC(C)(C)C)nc(OCC)n1. The van der Waals surface area contributed by atoms with E-state index in [1.165, 1.54) is 0 Å². The Morgan fingerprint density at radius 1 is 1.06 bits per heavy atom. The summed E-state index contributed by atoms with van der Waals surface area (Å²) in [6.07, 6.45) is 0. The normalized spacial score (nSPS) is 11.1. The molecule has 17 heavy (non-hydrogen) atoms. The minimum Gasteiger partial charge on any atom is -0.464 e. The molecule has 0 aliphatic rings. The maximum Gasteiger partial charge on any atom is 0.323 e. The molecule has 0 aliphatic carbocycles. The van der Waals surface area contributed by atoms with Crippen molar-refractivity contribution < 1.29 is 4.74 Å². The van der Waals surface area contributed by atoms with Crippen LogP contribution in [0.3, 0.4) is 0 Å². The molecule has 1 heterocycles. The summed E-state index contributed by atoms with van der Waals surface area (Å²) < 4.78 is 5.31. The molecule has 6 nitrogen and oxygen atoms in total. The third kappa shape index (κ3) is 4.84. The summed E-state index contributed by atoms with van der Waals surface area (Å²) in [7, 11) is 0. The van der Waals surface area contributed by atoms with Gasteiger partial charge in [-0.2, -0.15) is 15.0 Å². The highest BCUT2D eigenvalue weighted by atomic mass is 16.5. The number of hydrogen-bond donors (Lipinski definition) is 2. The van der Waals surface area contributed by atoms with Gasteiger partial charge in [0.2, 0.25) is 11.9 Å². The van der Waals surface area contributed by atoms with E-state index in [4.69, 9.17) is 4.74 Å². The molecule has 0 atom stereocenters. The van der Waals surface area contributed by atoms with Gasteiger partial charge in [0.1, 0.15) is 0 Å². The second kappa shape index (κ2) is 5.65. The van der Waals surface area contributed by atoms with Crippen LogP contribution < -0.4 is 15.4 Å². The third-order valence-electron chi connectivity index (χ3n) is 1.71. The second-order valence-corrected chi connectivity index (χ2v) is 4.60. The van der Waals surface area contributed by atoms with Crippen molar-refractivity contribution in [2.75, 3.05) is 23.8 Å². The topological polar surface area (TPSA) is 72.0 Å². The first-order valence-corrected chi connectivity index (χ1v) is 5.85. The van der Waals surface area contributed by atoms with Gasteiger partial charge in [-0.25, -0.2) is 0 Å². The first kappa shape index (κ1) is 13.5. The van der Waals surface area contributed by atoms with E-state index >= 15 is 0 Å². The highest BCUT2D eigenvalue weighted by Gasteiger charge is 2.14. The van der Waals surface area contributed by atoms with E-state index in [2.05, 4.69) is 25.6 Å². The maximum absolute atomic E-state index is 5.31. The maximum atomic E-state index is 5.31. The molecule has 0 amide bonds. The molecule has 0 saturated heterocycles. The number of hydrogen-bond acceptors (Lipinski definition) is 6. The van der Waals surface area contributed by atoms with E-state index in [1.807, 2.05) is 34.6 Å². The molecule has 0 spiro atoms. The van der Waals surface area contributed by atoms with Crippen LogP contribution in [0, 0.1) is 0 Å². The lowest BCUT2D eigenvalue weighted by Gasteiger charge is -2.20. The average Bonchev–Trinajstić information content (AvgIpc) is 2.15. The number of ether oxygens (including phenoxy) is 1. The zero-order chi connectivity index (χ0) is 12.9. The molecule has 1 aromatic rings. The standard InChI is InChI=1S/C11H21N5O/c1-6-12-8-13-9(16-11(3,4)5)15-10(14-8)17-7-2/h6-7H2,1-5H3,(H2,12,13,14,15,16). The summed E-state index contributed by atoms with van der Waals surface area (Å²) in [5.41, 5.74) is -0.103. The van der Waals surface area contributed by atoms with Gasteiger partial charge in [-0.3, -0.25) is 0 Å². The number of anilines is 2. The van der Waals surface area contributed by atoms with E-state index in [-0.39, 0.29) is 5.54 Å². The van der Waals surface area contributed by atoms with Crippen LogP contribution in [0.15, 0.2) is 0 Å². The quantitative estimate of drug-likeness (QED) is 0.817.